The SMILES string of the molecule is CCSc1ccc(NC(=O)/C=C/c2ccc(I)o2)cn1. The maximum Gasteiger partial charge on any atom is 0.248 e. The zero-order valence-electron chi connectivity index (χ0n) is 10.8. The molecule has 2 aromatic heterocycles. The fraction of sp³-hybridized carbons (Fsp3) is 0.143. The first-order valence-electron chi connectivity index (χ1n) is 6.00. The number of anilines is 1. The Morgan fingerprint density at radius 1 is 1.45 bits per heavy atom. The number of carbonyl (C=O) groups is 1. The topological polar surface area (TPSA) is 55.1 Å². The van der Waals surface area contributed by atoms with Crippen LogP contribution in [0.25, 0.3) is 6.08 Å². The Labute approximate surface area is 135 Å². The first-order chi connectivity index (χ1) is 9.67. The summed E-state index contributed by atoms with van der Waals surface area (Å²) in [6.45, 7) is 2.07. The lowest BCUT2D eigenvalue weighted by atomic mass is 10.3. The summed E-state index contributed by atoms with van der Waals surface area (Å²) in [7, 11) is 0. The van der Waals surface area contributed by atoms with Gasteiger partial charge >= 0.3 is 0 Å². The van der Waals surface area contributed by atoms with Crippen LogP contribution >= 0.6 is 34.4 Å². The van der Waals surface area contributed by atoms with E-state index < -0.39 is 0 Å². The van der Waals surface area contributed by atoms with Crippen molar-refractivity contribution in [1.29, 1.82) is 0 Å². The Kier molecular flexibility index (Phi) is 5.66. The van der Waals surface area contributed by atoms with Crippen molar-refractivity contribution in [3.8, 4) is 0 Å². The smallest absolute Gasteiger partial charge is 0.248 e. The van der Waals surface area contributed by atoms with E-state index in [9.17, 15) is 4.79 Å². The summed E-state index contributed by atoms with van der Waals surface area (Å²) in [6.07, 6.45) is 4.72. The molecular weight excluding hydrogens is 387 g/mol. The number of carbonyl (C=O) groups excluding carboxylic acids is 1. The molecule has 0 radical (unpaired) electrons. The molecule has 0 atom stereocenters. The van der Waals surface area contributed by atoms with Crippen LogP contribution in [0.2, 0.25) is 0 Å². The molecule has 2 rings (SSSR count). The van der Waals surface area contributed by atoms with Crippen molar-refractivity contribution in [3.63, 3.8) is 0 Å². The molecule has 0 aliphatic heterocycles. The highest BCUT2D eigenvalue weighted by Crippen LogP contribution is 2.16. The van der Waals surface area contributed by atoms with Crippen LogP contribution < -0.4 is 5.32 Å². The highest BCUT2D eigenvalue weighted by atomic mass is 127. The van der Waals surface area contributed by atoms with Crippen LogP contribution in [0.1, 0.15) is 12.7 Å². The normalized spacial score (nSPS) is 10.9. The minimum atomic E-state index is -0.214. The van der Waals surface area contributed by atoms with E-state index in [1.54, 1.807) is 24.0 Å². The van der Waals surface area contributed by atoms with Crippen LogP contribution in [0, 0.1) is 3.77 Å². The second-order valence-corrected chi connectivity index (χ2v) is 6.13. The van der Waals surface area contributed by atoms with Gasteiger partial charge in [-0.2, -0.15) is 0 Å². The Bertz CT molecular complexity index is 608. The Hall–Kier alpha value is -1.28. The molecule has 1 amide bonds. The molecular formula is C14H13IN2O2S. The van der Waals surface area contributed by atoms with E-state index in [0.717, 1.165) is 14.5 Å². The first-order valence-corrected chi connectivity index (χ1v) is 8.07. The molecule has 4 nitrogen and oxygen atoms in total. The lowest BCUT2D eigenvalue weighted by molar-refractivity contribution is -0.111. The zero-order valence-corrected chi connectivity index (χ0v) is 13.8. The Morgan fingerprint density at radius 2 is 2.30 bits per heavy atom. The van der Waals surface area contributed by atoms with Crippen LogP contribution in [0.5, 0.6) is 0 Å². The quantitative estimate of drug-likeness (QED) is 0.468. The second kappa shape index (κ2) is 7.49. The molecule has 0 aliphatic carbocycles. The Balaban J connectivity index is 1.92. The molecule has 1 N–H and O–H groups in total. The van der Waals surface area contributed by atoms with Crippen molar-refractivity contribution in [3.05, 3.63) is 46.1 Å². The third-order valence-corrected chi connectivity index (χ3v) is 3.69. The van der Waals surface area contributed by atoms with Crippen molar-refractivity contribution in [2.24, 2.45) is 0 Å². The number of nitrogens with one attached hydrogen (secondary N) is 1. The minimum absolute atomic E-state index is 0.214. The zero-order chi connectivity index (χ0) is 14.4. The van der Waals surface area contributed by atoms with Crippen molar-refractivity contribution in [1.82, 2.24) is 4.98 Å². The lowest BCUT2D eigenvalue weighted by Crippen LogP contribution is -2.07. The fourth-order valence-corrected chi connectivity index (χ4v) is 2.47. The van der Waals surface area contributed by atoms with Gasteiger partial charge in [-0.3, -0.25) is 4.79 Å². The Morgan fingerprint density at radius 3 is 2.90 bits per heavy atom. The van der Waals surface area contributed by atoms with Crippen LogP contribution in [-0.4, -0.2) is 16.6 Å². The summed E-state index contributed by atoms with van der Waals surface area (Å²) in [4.78, 5) is 16.0. The molecule has 20 heavy (non-hydrogen) atoms. The summed E-state index contributed by atoms with van der Waals surface area (Å²) >= 11 is 3.74. The predicted molar refractivity (Wildman–Crippen MR) is 89.7 cm³/mol. The second-order valence-electron chi connectivity index (χ2n) is 3.78. The van der Waals surface area contributed by atoms with Gasteiger partial charge in [0.15, 0.2) is 3.77 Å². The van der Waals surface area contributed by atoms with Crippen molar-refractivity contribution in [2.75, 3.05) is 11.1 Å². The number of amides is 1. The average Bonchev–Trinajstić information content (AvgIpc) is 2.85. The lowest BCUT2D eigenvalue weighted by Gasteiger charge is -2.02. The van der Waals surface area contributed by atoms with Gasteiger partial charge in [0, 0.05) is 6.08 Å². The van der Waals surface area contributed by atoms with Crippen molar-refractivity contribution >= 4 is 52.0 Å². The molecule has 2 heterocycles. The number of hydrogen-bond acceptors (Lipinski definition) is 4. The molecule has 0 saturated carbocycles. The molecule has 104 valence electrons. The van der Waals surface area contributed by atoms with E-state index in [4.69, 9.17) is 4.42 Å². The summed E-state index contributed by atoms with van der Waals surface area (Å²) in [5, 5.41) is 3.70. The van der Waals surface area contributed by atoms with E-state index in [-0.39, 0.29) is 5.91 Å². The van der Waals surface area contributed by atoms with E-state index in [2.05, 4.69) is 39.8 Å². The van der Waals surface area contributed by atoms with Crippen LogP contribution in [-0.2, 0) is 4.79 Å². The van der Waals surface area contributed by atoms with Gasteiger partial charge < -0.3 is 9.73 Å². The van der Waals surface area contributed by atoms with E-state index >= 15 is 0 Å². The van der Waals surface area contributed by atoms with E-state index in [1.165, 1.54) is 6.08 Å². The molecule has 0 fully saturated rings. The molecule has 6 heteroatoms. The standard InChI is InChI=1S/C14H13IN2O2S/c1-2-20-14-8-3-10(9-16-14)17-13(18)7-5-11-4-6-12(15)19-11/h3-9H,2H2,1H3,(H,17,18)/b7-5+. The van der Waals surface area contributed by atoms with Gasteiger partial charge in [0.25, 0.3) is 0 Å². The molecule has 0 spiro atoms. The van der Waals surface area contributed by atoms with Crippen molar-refractivity contribution in [2.45, 2.75) is 11.9 Å². The van der Waals surface area contributed by atoms with Gasteiger partial charge in [-0.1, -0.05) is 6.92 Å². The van der Waals surface area contributed by atoms with Crippen molar-refractivity contribution < 1.29 is 9.21 Å². The molecule has 0 aliphatic rings. The van der Waals surface area contributed by atoms with Crippen LogP contribution in [0.3, 0.4) is 0 Å². The number of aromatic nitrogens is 1. The predicted octanol–water partition coefficient (Wildman–Crippen LogP) is 4.04. The number of thioether (sulfide) groups is 1. The summed E-state index contributed by atoms with van der Waals surface area (Å²) < 4.78 is 6.12. The highest BCUT2D eigenvalue weighted by molar-refractivity contribution is 14.1. The molecule has 0 saturated heterocycles. The third kappa shape index (κ3) is 4.68. The number of nitrogens with zero attached hydrogens (tertiary/aromatic N) is 1. The first kappa shape index (κ1) is 15.1. The van der Waals surface area contributed by atoms with Gasteiger partial charge in [0.2, 0.25) is 5.91 Å². The fourth-order valence-electron chi connectivity index (χ4n) is 1.45. The number of furan rings is 1. The molecule has 0 aromatic carbocycles. The number of pyridine rings is 1. The highest BCUT2D eigenvalue weighted by Gasteiger charge is 2.00. The van der Waals surface area contributed by atoms with E-state index in [0.29, 0.717) is 11.4 Å². The third-order valence-electron chi connectivity index (χ3n) is 2.29. The summed E-state index contributed by atoms with van der Waals surface area (Å²) in [5.41, 5.74) is 0.675. The van der Waals surface area contributed by atoms with Crippen LogP contribution in [0.15, 0.2) is 46.0 Å². The molecule has 2 aromatic rings. The average molecular weight is 400 g/mol. The summed E-state index contributed by atoms with van der Waals surface area (Å²) in [6, 6.07) is 7.38. The minimum Gasteiger partial charge on any atom is -0.451 e. The largest absolute Gasteiger partial charge is 0.451 e. The number of hydrogen-bond donors (Lipinski definition) is 1. The maximum atomic E-state index is 11.7. The molecule has 0 bridgehead atoms. The van der Waals surface area contributed by atoms with E-state index in [1.807, 2.05) is 24.3 Å². The van der Waals surface area contributed by atoms with Gasteiger partial charge in [0.05, 0.1) is 16.9 Å². The van der Waals surface area contributed by atoms with Gasteiger partial charge in [-0.15, -0.1) is 11.8 Å². The van der Waals surface area contributed by atoms with Gasteiger partial charge in [-0.05, 0) is 58.7 Å². The van der Waals surface area contributed by atoms with Gasteiger partial charge in [0.1, 0.15) is 5.76 Å². The number of rotatable bonds is 5. The monoisotopic (exact) mass is 400 g/mol. The molecule has 0 unspecified atom stereocenters. The maximum absolute atomic E-state index is 11.7. The van der Waals surface area contributed by atoms with Gasteiger partial charge in [-0.25, -0.2) is 4.98 Å². The number of halogens is 1. The summed E-state index contributed by atoms with van der Waals surface area (Å²) in [5.74, 6) is 1.41. The van der Waals surface area contributed by atoms with Crippen LogP contribution in [0.4, 0.5) is 5.69 Å².